The minimum absolute atomic E-state index is 0.0148. The lowest BCUT2D eigenvalue weighted by atomic mass is 10.1. The third-order valence-electron chi connectivity index (χ3n) is 3.82. The second-order valence-electron chi connectivity index (χ2n) is 5.71. The first-order valence-corrected chi connectivity index (χ1v) is 9.53. The van der Waals surface area contributed by atoms with E-state index in [4.69, 9.17) is 21.5 Å². The van der Waals surface area contributed by atoms with Crippen molar-refractivity contribution in [3.63, 3.8) is 0 Å². The van der Waals surface area contributed by atoms with Gasteiger partial charge in [-0.05, 0) is 60.0 Å². The van der Waals surface area contributed by atoms with Gasteiger partial charge < -0.3 is 4.42 Å². The molecular formula is C17H13ClN4O4S. The number of hydrogen-bond acceptors (Lipinski definition) is 5. The van der Waals surface area contributed by atoms with Gasteiger partial charge in [0.15, 0.2) is 0 Å². The second kappa shape index (κ2) is 7.32. The van der Waals surface area contributed by atoms with Gasteiger partial charge in [0.2, 0.25) is 0 Å². The molecule has 0 unspecified atom stereocenters. The summed E-state index contributed by atoms with van der Waals surface area (Å²) in [6, 6.07) is 10.3. The summed E-state index contributed by atoms with van der Waals surface area (Å²) in [5, 5.41) is 4.31. The Morgan fingerprint density at radius 3 is 2.59 bits per heavy atom. The van der Waals surface area contributed by atoms with E-state index in [-0.39, 0.29) is 17.0 Å². The summed E-state index contributed by atoms with van der Waals surface area (Å²) in [5.74, 6) is 0. The van der Waals surface area contributed by atoms with Crippen molar-refractivity contribution < 1.29 is 12.8 Å². The first kappa shape index (κ1) is 18.8. The standard InChI is InChI=1S/C17H13ClN4O4S/c1-10-6-15-14(11(9-20-22-19)7-17(23)26-15)8-16(10)27(24,25)21-13-4-2-12(18)3-5-13/h2-8,21H,9H2,1H3. The van der Waals surface area contributed by atoms with Gasteiger partial charge in [0.25, 0.3) is 10.0 Å². The third-order valence-corrected chi connectivity index (χ3v) is 5.59. The van der Waals surface area contributed by atoms with Crippen molar-refractivity contribution in [1.29, 1.82) is 0 Å². The molecule has 3 rings (SSSR count). The zero-order valence-corrected chi connectivity index (χ0v) is 15.6. The molecule has 0 spiro atoms. The first-order valence-electron chi connectivity index (χ1n) is 7.67. The fraction of sp³-hybridized carbons (Fsp3) is 0.118. The van der Waals surface area contributed by atoms with E-state index in [1.165, 1.54) is 18.2 Å². The maximum absolute atomic E-state index is 12.8. The van der Waals surface area contributed by atoms with Crippen LogP contribution in [0.15, 0.2) is 61.7 Å². The molecule has 0 aliphatic rings. The van der Waals surface area contributed by atoms with Crippen LogP contribution in [-0.2, 0) is 16.6 Å². The molecule has 0 atom stereocenters. The van der Waals surface area contributed by atoms with Crippen LogP contribution in [0.5, 0.6) is 0 Å². The van der Waals surface area contributed by atoms with Crippen LogP contribution in [0, 0.1) is 6.92 Å². The van der Waals surface area contributed by atoms with Crippen LogP contribution < -0.4 is 10.3 Å². The molecular weight excluding hydrogens is 392 g/mol. The molecule has 0 saturated carbocycles. The lowest BCUT2D eigenvalue weighted by Crippen LogP contribution is -2.14. The van der Waals surface area contributed by atoms with Crippen molar-refractivity contribution in [3.8, 4) is 0 Å². The smallest absolute Gasteiger partial charge is 0.336 e. The van der Waals surface area contributed by atoms with Crippen LogP contribution in [-0.4, -0.2) is 8.42 Å². The number of hydrogen-bond donors (Lipinski definition) is 1. The molecule has 3 aromatic rings. The number of azide groups is 1. The molecule has 138 valence electrons. The Hall–Kier alpha value is -3.00. The minimum Gasteiger partial charge on any atom is -0.423 e. The van der Waals surface area contributed by atoms with Crippen molar-refractivity contribution in [2.24, 2.45) is 5.11 Å². The van der Waals surface area contributed by atoms with E-state index >= 15 is 0 Å². The van der Waals surface area contributed by atoms with E-state index in [1.54, 1.807) is 31.2 Å². The molecule has 0 aliphatic heterocycles. The Bertz CT molecular complexity index is 1230. The number of anilines is 1. The molecule has 2 aromatic carbocycles. The summed E-state index contributed by atoms with van der Waals surface area (Å²) >= 11 is 5.81. The Balaban J connectivity index is 2.14. The highest BCUT2D eigenvalue weighted by atomic mass is 35.5. The summed E-state index contributed by atoms with van der Waals surface area (Å²) in [6.07, 6.45) is 0. The highest BCUT2D eigenvalue weighted by molar-refractivity contribution is 7.92. The van der Waals surface area contributed by atoms with Crippen LogP contribution in [0.1, 0.15) is 11.1 Å². The predicted octanol–water partition coefficient (Wildman–Crippen LogP) is 4.37. The van der Waals surface area contributed by atoms with Crippen molar-refractivity contribution in [1.82, 2.24) is 0 Å². The molecule has 1 N–H and O–H groups in total. The predicted molar refractivity (Wildman–Crippen MR) is 102 cm³/mol. The van der Waals surface area contributed by atoms with E-state index in [0.29, 0.717) is 27.2 Å². The molecule has 1 aromatic heterocycles. The first-order chi connectivity index (χ1) is 12.8. The van der Waals surface area contributed by atoms with Gasteiger partial charge >= 0.3 is 5.63 Å². The van der Waals surface area contributed by atoms with Gasteiger partial charge in [-0.25, -0.2) is 13.2 Å². The van der Waals surface area contributed by atoms with E-state index in [2.05, 4.69) is 14.7 Å². The number of benzene rings is 2. The van der Waals surface area contributed by atoms with Gasteiger partial charge in [-0.3, -0.25) is 4.72 Å². The maximum Gasteiger partial charge on any atom is 0.336 e. The quantitative estimate of drug-likeness (QED) is 0.293. The molecule has 0 saturated heterocycles. The summed E-state index contributed by atoms with van der Waals surface area (Å²) in [7, 11) is -3.91. The van der Waals surface area contributed by atoms with Crippen LogP contribution in [0.2, 0.25) is 5.02 Å². The summed E-state index contributed by atoms with van der Waals surface area (Å²) in [5.41, 5.74) is 9.25. The Kier molecular flexibility index (Phi) is 5.09. The van der Waals surface area contributed by atoms with Gasteiger partial charge in [-0.15, -0.1) is 0 Å². The number of halogens is 1. The summed E-state index contributed by atoms with van der Waals surface area (Å²) < 4.78 is 33.3. The van der Waals surface area contributed by atoms with Crippen molar-refractivity contribution in [3.05, 3.63) is 79.5 Å². The number of fused-ring (bicyclic) bond motifs is 1. The topological polar surface area (TPSA) is 125 Å². The maximum atomic E-state index is 12.8. The zero-order valence-electron chi connectivity index (χ0n) is 14.0. The van der Waals surface area contributed by atoms with Crippen molar-refractivity contribution in [2.75, 3.05) is 4.72 Å². The van der Waals surface area contributed by atoms with Gasteiger partial charge in [0, 0.05) is 27.1 Å². The van der Waals surface area contributed by atoms with E-state index in [1.807, 2.05) is 0 Å². The van der Waals surface area contributed by atoms with Gasteiger partial charge in [0.05, 0.1) is 11.4 Å². The molecule has 10 heteroatoms. The number of nitrogens with zero attached hydrogens (tertiary/aromatic N) is 3. The average Bonchev–Trinajstić information content (AvgIpc) is 2.60. The SMILES string of the molecule is Cc1cc2oc(=O)cc(CN=[N+]=[N-])c2cc1S(=O)(=O)Nc1ccc(Cl)cc1. The van der Waals surface area contributed by atoms with Crippen LogP contribution in [0.25, 0.3) is 21.4 Å². The van der Waals surface area contributed by atoms with Crippen molar-refractivity contribution in [2.45, 2.75) is 18.4 Å². The lowest BCUT2D eigenvalue weighted by molar-refractivity contribution is 0.558. The van der Waals surface area contributed by atoms with E-state index < -0.39 is 15.6 Å². The number of rotatable bonds is 5. The molecule has 0 radical (unpaired) electrons. The largest absolute Gasteiger partial charge is 0.423 e. The highest BCUT2D eigenvalue weighted by Crippen LogP contribution is 2.27. The number of nitrogens with one attached hydrogen (secondary N) is 1. The normalized spacial score (nSPS) is 11.2. The van der Waals surface area contributed by atoms with Crippen molar-refractivity contribution >= 4 is 38.3 Å². The van der Waals surface area contributed by atoms with Gasteiger partial charge in [-0.2, -0.15) is 0 Å². The fourth-order valence-corrected chi connectivity index (χ4v) is 4.05. The number of aryl methyl sites for hydroxylation is 1. The molecule has 0 amide bonds. The summed E-state index contributed by atoms with van der Waals surface area (Å²) in [4.78, 5) is 14.4. The minimum atomic E-state index is -3.91. The average molecular weight is 405 g/mol. The molecule has 0 fully saturated rings. The second-order valence-corrected chi connectivity index (χ2v) is 7.79. The molecule has 27 heavy (non-hydrogen) atoms. The van der Waals surface area contributed by atoms with E-state index in [0.717, 1.165) is 0 Å². The monoisotopic (exact) mass is 404 g/mol. The highest BCUT2D eigenvalue weighted by Gasteiger charge is 2.20. The molecule has 8 nitrogen and oxygen atoms in total. The Morgan fingerprint density at radius 1 is 1.22 bits per heavy atom. The fourth-order valence-electron chi connectivity index (χ4n) is 2.61. The van der Waals surface area contributed by atoms with Gasteiger partial charge in [0.1, 0.15) is 5.58 Å². The molecule has 1 heterocycles. The third kappa shape index (κ3) is 4.06. The number of sulfonamides is 1. The van der Waals surface area contributed by atoms with Crippen LogP contribution in [0.3, 0.4) is 0 Å². The Morgan fingerprint density at radius 2 is 1.93 bits per heavy atom. The van der Waals surface area contributed by atoms with Crippen LogP contribution >= 0.6 is 11.6 Å². The molecule has 0 bridgehead atoms. The summed E-state index contributed by atoms with van der Waals surface area (Å²) in [6.45, 7) is 1.49. The van der Waals surface area contributed by atoms with Gasteiger partial charge in [-0.1, -0.05) is 16.7 Å². The van der Waals surface area contributed by atoms with E-state index in [9.17, 15) is 13.2 Å². The lowest BCUT2D eigenvalue weighted by Gasteiger charge is -2.12. The Labute approximate surface area is 159 Å². The zero-order chi connectivity index (χ0) is 19.6. The van der Waals surface area contributed by atoms with Crippen LogP contribution in [0.4, 0.5) is 5.69 Å². The molecule has 0 aliphatic carbocycles.